The SMILES string of the molecule is COc1cc(F)c([C@H](CC(C)C)N2CCNCC2)cc1OC.Cl. The zero-order valence-corrected chi connectivity index (χ0v) is 15.2. The lowest BCUT2D eigenvalue weighted by molar-refractivity contribution is 0.150. The molecule has 1 fully saturated rings. The maximum atomic E-state index is 14.6. The molecule has 0 unspecified atom stereocenters. The summed E-state index contributed by atoms with van der Waals surface area (Å²) in [7, 11) is 3.11. The monoisotopic (exact) mass is 346 g/mol. The molecule has 0 radical (unpaired) electrons. The largest absolute Gasteiger partial charge is 0.493 e. The number of benzene rings is 1. The van der Waals surface area contributed by atoms with Crippen LogP contribution < -0.4 is 14.8 Å². The van der Waals surface area contributed by atoms with Gasteiger partial charge < -0.3 is 14.8 Å². The van der Waals surface area contributed by atoms with Crippen LogP contribution in [0.3, 0.4) is 0 Å². The van der Waals surface area contributed by atoms with Crippen molar-refractivity contribution >= 4 is 12.4 Å². The molecular formula is C17H28ClFN2O2. The van der Waals surface area contributed by atoms with Gasteiger partial charge in [0.2, 0.25) is 0 Å². The van der Waals surface area contributed by atoms with E-state index in [9.17, 15) is 4.39 Å². The molecule has 1 aromatic rings. The summed E-state index contributed by atoms with van der Waals surface area (Å²) in [5.41, 5.74) is 0.702. The molecule has 1 aliphatic heterocycles. The average Bonchev–Trinajstić information content (AvgIpc) is 2.53. The van der Waals surface area contributed by atoms with Gasteiger partial charge in [-0.3, -0.25) is 4.90 Å². The first-order chi connectivity index (χ1) is 10.6. The molecule has 0 aliphatic carbocycles. The average molecular weight is 347 g/mol. The van der Waals surface area contributed by atoms with Crippen LogP contribution in [0.4, 0.5) is 4.39 Å². The standard InChI is InChI=1S/C17H27FN2O2.ClH/c1-12(2)9-15(20-7-5-19-6-8-20)13-10-16(21-3)17(22-4)11-14(13)18;/h10-12,15,19H,5-9H2,1-4H3;1H/t15-;/m0./s1. The fourth-order valence-electron chi connectivity index (χ4n) is 3.04. The van der Waals surface area contributed by atoms with Gasteiger partial charge in [0.1, 0.15) is 5.82 Å². The third kappa shape index (κ3) is 4.96. The predicted molar refractivity (Wildman–Crippen MR) is 93.4 cm³/mol. The minimum absolute atomic E-state index is 0. The van der Waals surface area contributed by atoms with Crippen molar-refractivity contribution in [1.82, 2.24) is 10.2 Å². The van der Waals surface area contributed by atoms with E-state index in [1.807, 2.05) is 0 Å². The van der Waals surface area contributed by atoms with E-state index in [4.69, 9.17) is 9.47 Å². The van der Waals surface area contributed by atoms with Gasteiger partial charge in [-0.05, 0) is 18.4 Å². The maximum Gasteiger partial charge on any atom is 0.163 e. The molecule has 1 atom stereocenters. The second kappa shape index (κ2) is 9.30. The van der Waals surface area contributed by atoms with E-state index >= 15 is 0 Å². The van der Waals surface area contributed by atoms with E-state index in [-0.39, 0.29) is 24.3 Å². The van der Waals surface area contributed by atoms with Crippen LogP contribution in [0.25, 0.3) is 0 Å². The Labute approximate surface area is 144 Å². The van der Waals surface area contributed by atoms with Crippen molar-refractivity contribution in [2.75, 3.05) is 40.4 Å². The summed E-state index contributed by atoms with van der Waals surface area (Å²) >= 11 is 0. The highest BCUT2D eigenvalue weighted by atomic mass is 35.5. The molecule has 4 nitrogen and oxygen atoms in total. The first kappa shape index (κ1) is 20.0. The van der Waals surface area contributed by atoms with Crippen molar-refractivity contribution in [2.24, 2.45) is 5.92 Å². The number of hydrogen-bond acceptors (Lipinski definition) is 4. The summed E-state index contributed by atoms with van der Waals surface area (Å²) in [4.78, 5) is 2.36. The van der Waals surface area contributed by atoms with Crippen LogP contribution in [0.2, 0.25) is 0 Å². The smallest absolute Gasteiger partial charge is 0.163 e. The second-order valence-corrected chi connectivity index (χ2v) is 6.16. The van der Waals surface area contributed by atoms with E-state index in [1.165, 1.54) is 13.2 Å². The van der Waals surface area contributed by atoms with E-state index in [0.717, 1.165) is 32.6 Å². The minimum atomic E-state index is -0.221. The van der Waals surface area contributed by atoms with E-state index < -0.39 is 0 Å². The van der Waals surface area contributed by atoms with E-state index in [2.05, 4.69) is 24.1 Å². The molecule has 0 bridgehead atoms. The lowest BCUT2D eigenvalue weighted by atomic mass is 9.94. The van der Waals surface area contributed by atoms with Crippen LogP contribution in [0.15, 0.2) is 12.1 Å². The molecule has 1 aliphatic rings. The van der Waals surface area contributed by atoms with Gasteiger partial charge in [0.05, 0.1) is 14.2 Å². The molecule has 0 amide bonds. The number of halogens is 2. The summed E-state index contributed by atoms with van der Waals surface area (Å²) in [5.74, 6) is 1.30. The van der Waals surface area contributed by atoms with Crippen LogP contribution in [-0.2, 0) is 0 Å². The summed E-state index contributed by atoms with van der Waals surface area (Å²) in [6.45, 7) is 8.12. The highest BCUT2D eigenvalue weighted by Gasteiger charge is 2.27. The fourth-order valence-corrected chi connectivity index (χ4v) is 3.04. The molecule has 1 saturated heterocycles. The summed E-state index contributed by atoms with van der Waals surface area (Å²) in [5, 5.41) is 3.35. The lowest BCUT2D eigenvalue weighted by Crippen LogP contribution is -2.45. The Morgan fingerprint density at radius 3 is 2.22 bits per heavy atom. The Hall–Kier alpha value is -1.04. The van der Waals surface area contributed by atoms with Gasteiger partial charge in [-0.2, -0.15) is 0 Å². The number of ether oxygens (including phenoxy) is 2. The quantitative estimate of drug-likeness (QED) is 0.857. The topological polar surface area (TPSA) is 33.7 Å². The Morgan fingerprint density at radius 2 is 1.70 bits per heavy atom. The van der Waals surface area contributed by atoms with Crippen molar-refractivity contribution in [3.63, 3.8) is 0 Å². The first-order valence-electron chi connectivity index (χ1n) is 7.93. The Kier molecular flexibility index (Phi) is 8.09. The summed E-state index contributed by atoms with van der Waals surface area (Å²) in [6, 6.07) is 3.30. The van der Waals surface area contributed by atoms with Gasteiger partial charge in [0.15, 0.2) is 11.5 Å². The minimum Gasteiger partial charge on any atom is -0.493 e. The van der Waals surface area contributed by atoms with Crippen molar-refractivity contribution < 1.29 is 13.9 Å². The number of nitrogens with zero attached hydrogens (tertiary/aromatic N) is 1. The van der Waals surface area contributed by atoms with Crippen LogP contribution in [0, 0.1) is 11.7 Å². The fraction of sp³-hybridized carbons (Fsp3) is 0.647. The van der Waals surface area contributed by atoms with Gasteiger partial charge >= 0.3 is 0 Å². The highest BCUT2D eigenvalue weighted by molar-refractivity contribution is 5.85. The molecule has 1 heterocycles. The highest BCUT2D eigenvalue weighted by Crippen LogP contribution is 2.36. The number of piperazine rings is 1. The molecule has 0 aromatic heterocycles. The van der Waals surface area contributed by atoms with Crippen LogP contribution in [0.1, 0.15) is 31.9 Å². The molecule has 0 saturated carbocycles. The van der Waals surface area contributed by atoms with Gasteiger partial charge in [-0.25, -0.2) is 4.39 Å². The van der Waals surface area contributed by atoms with Gasteiger partial charge in [0, 0.05) is 43.9 Å². The van der Waals surface area contributed by atoms with Crippen LogP contribution >= 0.6 is 12.4 Å². The lowest BCUT2D eigenvalue weighted by Gasteiger charge is -2.36. The molecule has 2 rings (SSSR count). The third-order valence-corrected chi connectivity index (χ3v) is 4.15. The zero-order chi connectivity index (χ0) is 16.1. The van der Waals surface area contributed by atoms with Crippen molar-refractivity contribution in [2.45, 2.75) is 26.3 Å². The molecule has 1 N–H and O–H groups in total. The molecule has 23 heavy (non-hydrogen) atoms. The molecule has 6 heteroatoms. The Bertz CT molecular complexity index is 494. The normalized spacial score (nSPS) is 16.8. The Balaban J connectivity index is 0.00000264. The molecular weight excluding hydrogens is 319 g/mol. The van der Waals surface area contributed by atoms with Crippen LogP contribution in [0.5, 0.6) is 11.5 Å². The van der Waals surface area contributed by atoms with E-state index in [0.29, 0.717) is 23.0 Å². The van der Waals surface area contributed by atoms with Crippen molar-refractivity contribution in [3.8, 4) is 11.5 Å². The number of rotatable bonds is 6. The zero-order valence-electron chi connectivity index (χ0n) is 14.4. The second-order valence-electron chi connectivity index (χ2n) is 6.16. The van der Waals surface area contributed by atoms with Crippen molar-refractivity contribution in [3.05, 3.63) is 23.5 Å². The number of nitrogens with one attached hydrogen (secondary N) is 1. The summed E-state index contributed by atoms with van der Waals surface area (Å²) < 4.78 is 25.2. The van der Waals surface area contributed by atoms with Crippen LogP contribution in [-0.4, -0.2) is 45.3 Å². The van der Waals surface area contributed by atoms with Gasteiger partial charge in [-0.15, -0.1) is 12.4 Å². The van der Waals surface area contributed by atoms with Crippen molar-refractivity contribution in [1.29, 1.82) is 0 Å². The third-order valence-electron chi connectivity index (χ3n) is 4.15. The van der Waals surface area contributed by atoms with Gasteiger partial charge in [0.25, 0.3) is 0 Å². The molecule has 0 spiro atoms. The molecule has 132 valence electrons. The Morgan fingerprint density at radius 1 is 1.13 bits per heavy atom. The van der Waals surface area contributed by atoms with E-state index in [1.54, 1.807) is 13.2 Å². The number of methoxy groups -OCH3 is 2. The van der Waals surface area contributed by atoms with Gasteiger partial charge in [-0.1, -0.05) is 13.8 Å². The molecule has 1 aromatic carbocycles. The first-order valence-corrected chi connectivity index (χ1v) is 7.93. The number of hydrogen-bond donors (Lipinski definition) is 1. The predicted octanol–water partition coefficient (Wildman–Crippen LogP) is 3.26. The maximum absolute atomic E-state index is 14.6. The summed E-state index contributed by atoms with van der Waals surface area (Å²) in [6.07, 6.45) is 0.923.